The van der Waals surface area contributed by atoms with Crippen molar-refractivity contribution in [2.45, 2.75) is 50.4 Å². The monoisotopic (exact) mass is 783 g/mol. The molecule has 0 atom stereocenters. The van der Waals surface area contributed by atoms with Gasteiger partial charge in [-0.1, -0.05) is 195 Å². The van der Waals surface area contributed by atoms with Crippen LogP contribution in [0.25, 0.3) is 44.2 Å². The maximum atomic E-state index is 2.49. The van der Waals surface area contributed by atoms with Crippen LogP contribution < -0.4 is 4.90 Å². The van der Waals surface area contributed by atoms with Crippen LogP contribution in [0.15, 0.2) is 212 Å². The van der Waals surface area contributed by atoms with E-state index in [4.69, 9.17) is 0 Å². The van der Waals surface area contributed by atoms with E-state index in [1.807, 2.05) is 0 Å². The highest BCUT2D eigenvalue weighted by atomic mass is 15.1. The highest BCUT2D eigenvalue weighted by molar-refractivity contribution is 6.04. The first-order valence-electron chi connectivity index (χ1n) is 22.1. The molecule has 0 spiro atoms. The van der Waals surface area contributed by atoms with E-state index in [9.17, 15) is 0 Å². The molecule has 294 valence electrons. The van der Waals surface area contributed by atoms with Crippen molar-refractivity contribution in [1.82, 2.24) is 0 Å². The van der Waals surface area contributed by atoms with Gasteiger partial charge in [0.1, 0.15) is 0 Å². The zero-order chi connectivity index (χ0) is 40.8. The summed E-state index contributed by atoms with van der Waals surface area (Å²) in [7, 11) is 0. The maximum Gasteiger partial charge on any atom is 0.0714 e. The summed E-state index contributed by atoms with van der Waals surface area (Å²) in [6.07, 6.45) is 6.59. The van der Waals surface area contributed by atoms with E-state index in [0.29, 0.717) is 5.92 Å². The molecule has 1 fully saturated rings. The van der Waals surface area contributed by atoms with Crippen LogP contribution in [0.3, 0.4) is 0 Å². The van der Waals surface area contributed by atoms with Gasteiger partial charge in [0.2, 0.25) is 0 Å². The summed E-state index contributed by atoms with van der Waals surface area (Å²) < 4.78 is 0. The molecule has 0 aliphatic heterocycles. The first-order chi connectivity index (χ1) is 30.2. The quantitative estimate of drug-likeness (QED) is 0.148. The Morgan fingerprint density at radius 1 is 0.426 bits per heavy atom. The van der Waals surface area contributed by atoms with Gasteiger partial charge >= 0.3 is 0 Å². The molecule has 2 aliphatic carbocycles. The topological polar surface area (TPSA) is 3.24 Å². The summed E-state index contributed by atoms with van der Waals surface area (Å²) in [5, 5.41) is 2.52. The van der Waals surface area contributed by atoms with Gasteiger partial charge in [0, 0.05) is 17.1 Å². The predicted octanol–water partition coefficient (Wildman–Crippen LogP) is 16.4. The zero-order valence-electron chi connectivity index (χ0n) is 34.8. The Balaban J connectivity index is 1.10. The largest absolute Gasteiger partial charge is 0.310 e. The molecule has 1 heteroatoms. The van der Waals surface area contributed by atoms with E-state index in [1.165, 1.54) is 115 Å². The molecule has 0 saturated heterocycles. The molecular weight excluding hydrogens is 735 g/mol. The Morgan fingerprint density at radius 3 is 1.70 bits per heavy atom. The molecule has 0 unspecified atom stereocenters. The summed E-state index contributed by atoms with van der Waals surface area (Å²) in [6, 6.07) is 79.4. The number of hydrogen-bond donors (Lipinski definition) is 0. The normalized spacial score (nSPS) is 14.4. The van der Waals surface area contributed by atoms with Crippen molar-refractivity contribution in [2.75, 3.05) is 4.90 Å². The van der Waals surface area contributed by atoms with Crippen molar-refractivity contribution >= 4 is 27.8 Å². The van der Waals surface area contributed by atoms with Gasteiger partial charge in [0.15, 0.2) is 0 Å². The molecular formula is C60H49N. The molecule has 61 heavy (non-hydrogen) atoms. The summed E-state index contributed by atoms with van der Waals surface area (Å²) in [5.41, 5.74) is 18.5. The van der Waals surface area contributed by atoms with Crippen LogP contribution in [-0.4, -0.2) is 0 Å². The van der Waals surface area contributed by atoms with Crippen LogP contribution in [0.4, 0.5) is 17.1 Å². The second kappa shape index (κ2) is 15.6. The second-order valence-corrected chi connectivity index (χ2v) is 17.1. The number of anilines is 3. The van der Waals surface area contributed by atoms with E-state index < -0.39 is 5.41 Å². The molecule has 1 nitrogen and oxygen atoms in total. The van der Waals surface area contributed by atoms with E-state index in [-0.39, 0.29) is 0 Å². The van der Waals surface area contributed by atoms with Crippen molar-refractivity contribution in [3.05, 3.63) is 246 Å². The third-order valence-electron chi connectivity index (χ3n) is 13.7. The minimum atomic E-state index is -0.487. The average molecular weight is 784 g/mol. The third-order valence-corrected chi connectivity index (χ3v) is 13.7. The molecule has 0 amide bonds. The van der Waals surface area contributed by atoms with Gasteiger partial charge in [-0.3, -0.25) is 0 Å². The number of nitrogens with zero attached hydrogens (tertiary/aromatic N) is 1. The van der Waals surface area contributed by atoms with Gasteiger partial charge in [0.05, 0.1) is 5.41 Å². The molecule has 0 heterocycles. The molecule has 0 N–H and O–H groups in total. The Bertz CT molecular complexity index is 2940. The van der Waals surface area contributed by atoms with Crippen LogP contribution in [0.1, 0.15) is 71.4 Å². The fourth-order valence-corrected chi connectivity index (χ4v) is 10.8. The highest BCUT2D eigenvalue weighted by Gasteiger charge is 2.46. The Morgan fingerprint density at radius 2 is 1.02 bits per heavy atom. The summed E-state index contributed by atoms with van der Waals surface area (Å²) in [5.74, 6) is 0.649. The molecule has 0 bridgehead atoms. The zero-order valence-corrected chi connectivity index (χ0v) is 34.8. The van der Waals surface area contributed by atoms with Crippen LogP contribution in [0, 0.1) is 6.92 Å². The predicted molar refractivity (Wildman–Crippen MR) is 257 cm³/mol. The Hall–Kier alpha value is -6.96. The van der Waals surface area contributed by atoms with Crippen LogP contribution in [-0.2, 0) is 5.41 Å². The highest BCUT2D eigenvalue weighted by Crippen LogP contribution is 2.58. The number of hydrogen-bond acceptors (Lipinski definition) is 1. The lowest BCUT2D eigenvalue weighted by Crippen LogP contribution is -2.28. The standard InChI is InChI=1S/C60H49N/c1-42-17-16-28-56-58(42)55-40-38-52(41-57(55)60(56,48-23-10-4-11-24-48)49-25-12-5-13-26-49)61(50-34-29-44(30-35-50)43-18-6-2-7-19-43)51-36-31-46(32-37-51)54-39-33-45-20-14-15-27-53(45)59(54)47-21-8-3-9-22-47/h3-5,8-17,20-41,43H,2,6-7,18-19H2,1H3. The fraction of sp³-hybridized carbons (Fsp3) is 0.133. The summed E-state index contributed by atoms with van der Waals surface area (Å²) in [4.78, 5) is 2.48. The number of fused-ring (bicyclic) bond motifs is 4. The molecule has 1 saturated carbocycles. The van der Waals surface area contributed by atoms with Gasteiger partial charge in [0.25, 0.3) is 0 Å². The lowest BCUT2D eigenvalue weighted by Gasteiger charge is -2.35. The first-order valence-corrected chi connectivity index (χ1v) is 22.1. The van der Waals surface area contributed by atoms with E-state index in [1.54, 1.807) is 0 Å². The van der Waals surface area contributed by atoms with Crippen molar-refractivity contribution in [3.63, 3.8) is 0 Å². The number of benzene rings is 9. The van der Waals surface area contributed by atoms with Gasteiger partial charge in [-0.05, 0) is 140 Å². The number of rotatable bonds is 8. The van der Waals surface area contributed by atoms with Crippen LogP contribution in [0.5, 0.6) is 0 Å². The molecule has 0 radical (unpaired) electrons. The van der Waals surface area contributed by atoms with Crippen molar-refractivity contribution in [2.24, 2.45) is 0 Å². The molecule has 2 aliphatic rings. The lowest BCUT2D eigenvalue weighted by molar-refractivity contribution is 0.443. The Kier molecular flexibility index (Phi) is 9.46. The third kappa shape index (κ3) is 6.30. The van der Waals surface area contributed by atoms with Crippen LogP contribution in [0.2, 0.25) is 0 Å². The van der Waals surface area contributed by atoms with Gasteiger partial charge < -0.3 is 4.90 Å². The summed E-state index contributed by atoms with van der Waals surface area (Å²) in [6.45, 7) is 2.27. The van der Waals surface area contributed by atoms with E-state index in [2.05, 4.69) is 224 Å². The van der Waals surface area contributed by atoms with Gasteiger partial charge in [-0.15, -0.1) is 0 Å². The van der Waals surface area contributed by atoms with Crippen molar-refractivity contribution in [1.29, 1.82) is 0 Å². The lowest BCUT2D eigenvalue weighted by atomic mass is 9.67. The maximum absolute atomic E-state index is 2.49. The molecule has 0 aromatic heterocycles. The SMILES string of the molecule is Cc1cccc2c1-c1ccc(N(c3ccc(-c4ccc5ccccc5c4-c4ccccc4)cc3)c3ccc(C4CCCCC4)cc3)cc1C2(c1ccccc1)c1ccccc1. The smallest absolute Gasteiger partial charge is 0.0714 e. The number of aryl methyl sites for hydroxylation is 1. The molecule has 9 aromatic carbocycles. The van der Waals surface area contributed by atoms with Gasteiger partial charge in [-0.25, -0.2) is 0 Å². The first kappa shape index (κ1) is 37.1. The molecule has 9 aromatic rings. The Labute approximate surface area is 360 Å². The summed E-state index contributed by atoms with van der Waals surface area (Å²) >= 11 is 0. The minimum Gasteiger partial charge on any atom is -0.310 e. The van der Waals surface area contributed by atoms with Crippen LogP contribution >= 0.6 is 0 Å². The molecule has 11 rings (SSSR count). The minimum absolute atomic E-state index is 0.487. The van der Waals surface area contributed by atoms with Crippen molar-refractivity contribution < 1.29 is 0 Å². The fourth-order valence-electron chi connectivity index (χ4n) is 10.8. The van der Waals surface area contributed by atoms with E-state index in [0.717, 1.165) is 11.4 Å². The average Bonchev–Trinajstić information content (AvgIpc) is 3.64. The van der Waals surface area contributed by atoms with Crippen molar-refractivity contribution in [3.8, 4) is 33.4 Å². The van der Waals surface area contributed by atoms with E-state index >= 15 is 0 Å². The second-order valence-electron chi connectivity index (χ2n) is 17.1. The van der Waals surface area contributed by atoms with Gasteiger partial charge in [-0.2, -0.15) is 0 Å².